The van der Waals surface area contributed by atoms with Gasteiger partial charge in [-0.05, 0) is 47.2 Å². The number of pyridine rings is 1. The Kier molecular flexibility index (Phi) is 3.38. The van der Waals surface area contributed by atoms with Gasteiger partial charge in [-0.2, -0.15) is 0 Å². The molecule has 0 aliphatic rings. The van der Waals surface area contributed by atoms with Gasteiger partial charge >= 0.3 is 0 Å². The first-order chi connectivity index (χ1) is 10.2. The molecule has 0 radical (unpaired) electrons. The first kappa shape index (κ1) is 12.9. The monoisotopic (exact) mass is 280 g/mol. The molecule has 2 heterocycles. The van der Waals surface area contributed by atoms with E-state index in [9.17, 15) is 4.79 Å². The van der Waals surface area contributed by atoms with E-state index in [1.807, 2.05) is 19.1 Å². The highest BCUT2D eigenvalue weighted by atomic mass is 16.1. The van der Waals surface area contributed by atoms with Gasteiger partial charge in [-0.3, -0.25) is 4.79 Å². The maximum absolute atomic E-state index is 12.2. The number of hydrogen-bond donors (Lipinski definition) is 1. The van der Waals surface area contributed by atoms with Gasteiger partial charge < -0.3 is 5.32 Å². The van der Waals surface area contributed by atoms with Gasteiger partial charge in [0, 0.05) is 11.8 Å². The number of nitrogens with zero attached hydrogens (tertiary/aromatic N) is 5. The number of nitrogens with one attached hydrogen (secondary N) is 1. The van der Waals surface area contributed by atoms with Gasteiger partial charge in [0.05, 0.1) is 5.69 Å². The molecular formula is C14H12N6O. The van der Waals surface area contributed by atoms with Crippen LogP contribution in [-0.2, 0) is 0 Å². The number of amides is 1. The SMILES string of the molecule is Cc1ccc(NC(=O)c2cccc(-n3cnnn3)c2)nc1. The number of aryl methyl sites for hydroxylation is 1. The molecule has 7 heteroatoms. The number of aromatic nitrogens is 5. The maximum atomic E-state index is 12.2. The lowest BCUT2D eigenvalue weighted by molar-refractivity contribution is 0.102. The highest BCUT2D eigenvalue weighted by Crippen LogP contribution is 2.11. The normalized spacial score (nSPS) is 10.3. The standard InChI is InChI=1S/C14H12N6O/c1-10-5-6-13(15-8-10)17-14(21)11-3-2-4-12(7-11)20-9-16-18-19-20/h2-9H,1H3,(H,15,17,21). The number of carbonyl (C=O) groups is 1. The Morgan fingerprint density at radius 1 is 1.24 bits per heavy atom. The summed E-state index contributed by atoms with van der Waals surface area (Å²) in [7, 11) is 0. The topological polar surface area (TPSA) is 85.6 Å². The van der Waals surface area contributed by atoms with Gasteiger partial charge in [0.2, 0.25) is 0 Å². The summed E-state index contributed by atoms with van der Waals surface area (Å²) in [5.74, 6) is 0.278. The highest BCUT2D eigenvalue weighted by molar-refractivity contribution is 6.04. The molecule has 1 N–H and O–H groups in total. The molecule has 0 saturated heterocycles. The quantitative estimate of drug-likeness (QED) is 0.788. The third-order valence-corrected chi connectivity index (χ3v) is 2.87. The van der Waals surface area contributed by atoms with Crippen LogP contribution in [-0.4, -0.2) is 31.1 Å². The molecule has 2 aromatic heterocycles. The van der Waals surface area contributed by atoms with E-state index >= 15 is 0 Å². The molecule has 0 fully saturated rings. The summed E-state index contributed by atoms with van der Waals surface area (Å²) in [6.07, 6.45) is 3.17. The summed E-state index contributed by atoms with van der Waals surface area (Å²) in [4.78, 5) is 16.4. The van der Waals surface area contributed by atoms with Crippen molar-refractivity contribution in [3.05, 3.63) is 60.0 Å². The zero-order valence-corrected chi connectivity index (χ0v) is 11.3. The average Bonchev–Trinajstić information content (AvgIpc) is 3.04. The van der Waals surface area contributed by atoms with Crippen LogP contribution in [0, 0.1) is 6.92 Å². The molecule has 0 bridgehead atoms. The van der Waals surface area contributed by atoms with E-state index < -0.39 is 0 Å². The Morgan fingerprint density at radius 2 is 2.14 bits per heavy atom. The Labute approximate surface area is 120 Å². The number of anilines is 1. The van der Waals surface area contributed by atoms with Crippen molar-refractivity contribution in [2.24, 2.45) is 0 Å². The lowest BCUT2D eigenvalue weighted by Crippen LogP contribution is -2.13. The lowest BCUT2D eigenvalue weighted by Gasteiger charge is -2.06. The van der Waals surface area contributed by atoms with Crippen molar-refractivity contribution in [1.82, 2.24) is 25.2 Å². The first-order valence-corrected chi connectivity index (χ1v) is 6.30. The molecule has 0 aliphatic carbocycles. The van der Waals surface area contributed by atoms with Crippen LogP contribution in [0.1, 0.15) is 15.9 Å². The summed E-state index contributed by atoms with van der Waals surface area (Å²) in [6, 6.07) is 10.7. The van der Waals surface area contributed by atoms with Crippen molar-refractivity contribution in [3.63, 3.8) is 0 Å². The van der Waals surface area contributed by atoms with Gasteiger partial charge in [-0.1, -0.05) is 12.1 Å². The number of tetrazole rings is 1. The largest absolute Gasteiger partial charge is 0.307 e. The van der Waals surface area contributed by atoms with Crippen LogP contribution in [0.25, 0.3) is 5.69 Å². The average molecular weight is 280 g/mol. The Hall–Kier alpha value is -3.09. The zero-order valence-electron chi connectivity index (χ0n) is 11.3. The minimum atomic E-state index is -0.235. The minimum Gasteiger partial charge on any atom is -0.307 e. The molecule has 3 aromatic rings. The van der Waals surface area contributed by atoms with Crippen LogP contribution in [0.4, 0.5) is 5.82 Å². The molecule has 0 unspecified atom stereocenters. The van der Waals surface area contributed by atoms with Crippen LogP contribution >= 0.6 is 0 Å². The maximum Gasteiger partial charge on any atom is 0.256 e. The van der Waals surface area contributed by atoms with Gasteiger partial charge in [-0.15, -0.1) is 5.10 Å². The molecule has 1 aromatic carbocycles. The summed E-state index contributed by atoms with van der Waals surface area (Å²) < 4.78 is 1.49. The van der Waals surface area contributed by atoms with Crippen LogP contribution in [0.2, 0.25) is 0 Å². The second-order valence-electron chi connectivity index (χ2n) is 4.48. The van der Waals surface area contributed by atoms with Crippen molar-refractivity contribution in [1.29, 1.82) is 0 Å². The molecule has 21 heavy (non-hydrogen) atoms. The van der Waals surface area contributed by atoms with Crippen molar-refractivity contribution in [2.45, 2.75) is 6.92 Å². The fraction of sp³-hybridized carbons (Fsp3) is 0.0714. The third-order valence-electron chi connectivity index (χ3n) is 2.87. The summed E-state index contributed by atoms with van der Waals surface area (Å²) in [5.41, 5.74) is 2.25. The molecule has 7 nitrogen and oxygen atoms in total. The summed E-state index contributed by atoms with van der Waals surface area (Å²) in [6.45, 7) is 1.94. The number of hydrogen-bond acceptors (Lipinski definition) is 5. The molecular weight excluding hydrogens is 268 g/mol. The molecule has 0 atom stereocenters. The van der Waals surface area contributed by atoms with Crippen molar-refractivity contribution >= 4 is 11.7 Å². The Balaban J connectivity index is 1.81. The summed E-state index contributed by atoms with van der Waals surface area (Å²) >= 11 is 0. The van der Waals surface area contributed by atoms with Crippen LogP contribution in [0.5, 0.6) is 0 Å². The number of carbonyl (C=O) groups excluding carboxylic acids is 1. The molecule has 0 spiro atoms. The van der Waals surface area contributed by atoms with Crippen LogP contribution in [0.3, 0.4) is 0 Å². The molecule has 104 valence electrons. The Bertz CT molecular complexity index is 751. The number of rotatable bonds is 3. The molecule has 0 aliphatic heterocycles. The predicted octanol–water partition coefficient (Wildman–Crippen LogP) is 1.62. The van der Waals surface area contributed by atoms with E-state index in [-0.39, 0.29) is 5.91 Å². The van der Waals surface area contributed by atoms with E-state index in [1.54, 1.807) is 30.5 Å². The van der Waals surface area contributed by atoms with Crippen molar-refractivity contribution in [3.8, 4) is 5.69 Å². The minimum absolute atomic E-state index is 0.235. The smallest absolute Gasteiger partial charge is 0.256 e. The third kappa shape index (κ3) is 2.92. The molecule has 0 saturated carbocycles. The van der Waals surface area contributed by atoms with E-state index in [0.29, 0.717) is 17.1 Å². The molecule has 3 rings (SSSR count). The molecule has 1 amide bonds. The van der Waals surface area contributed by atoms with E-state index in [1.165, 1.54) is 11.0 Å². The fourth-order valence-electron chi connectivity index (χ4n) is 1.80. The highest BCUT2D eigenvalue weighted by Gasteiger charge is 2.08. The van der Waals surface area contributed by atoms with Crippen LogP contribution in [0.15, 0.2) is 48.9 Å². The predicted molar refractivity (Wildman–Crippen MR) is 76.1 cm³/mol. The second kappa shape index (κ2) is 5.49. The van der Waals surface area contributed by atoms with E-state index in [0.717, 1.165) is 5.56 Å². The zero-order chi connectivity index (χ0) is 14.7. The van der Waals surface area contributed by atoms with Gasteiger partial charge in [-0.25, -0.2) is 9.67 Å². The lowest BCUT2D eigenvalue weighted by atomic mass is 10.2. The van der Waals surface area contributed by atoms with E-state index in [4.69, 9.17) is 0 Å². The van der Waals surface area contributed by atoms with Crippen molar-refractivity contribution < 1.29 is 4.79 Å². The second-order valence-corrected chi connectivity index (χ2v) is 4.48. The van der Waals surface area contributed by atoms with Crippen LogP contribution < -0.4 is 5.32 Å². The Morgan fingerprint density at radius 3 is 2.86 bits per heavy atom. The number of benzene rings is 1. The fourth-order valence-corrected chi connectivity index (χ4v) is 1.80. The van der Waals surface area contributed by atoms with Gasteiger partial charge in [0.15, 0.2) is 0 Å². The first-order valence-electron chi connectivity index (χ1n) is 6.30. The van der Waals surface area contributed by atoms with Gasteiger partial charge in [0.25, 0.3) is 5.91 Å². The van der Waals surface area contributed by atoms with Gasteiger partial charge in [0.1, 0.15) is 12.1 Å². The summed E-state index contributed by atoms with van der Waals surface area (Å²) in [5, 5.41) is 13.7. The van der Waals surface area contributed by atoms with E-state index in [2.05, 4.69) is 25.8 Å². The van der Waals surface area contributed by atoms with Crippen molar-refractivity contribution in [2.75, 3.05) is 5.32 Å².